The first kappa shape index (κ1) is 17.5. The monoisotopic (exact) mass is 327 g/mol. The van der Waals surface area contributed by atoms with Crippen LogP contribution in [0.1, 0.15) is 42.6 Å². The van der Waals surface area contributed by atoms with Gasteiger partial charge in [-0.2, -0.15) is 0 Å². The van der Waals surface area contributed by atoms with Crippen molar-refractivity contribution in [2.45, 2.75) is 32.8 Å². The highest BCUT2D eigenvalue weighted by atomic mass is 16.5. The maximum absolute atomic E-state index is 12.1. The van der Waals surface area contributed by atoms with Crippen molar-refractivity contribution in [1.29, 1.82) is 0 Å². The third-order valence-electron chi connectivity index (χ3n) is 3.60. The van der Waals surface area contributed by atoms with Crippen molar-refractivity contribution in [3.8, 4) is 5.75 Å². The Labute approximate surface area is 141 Å². The zero-order valence-electron chi connectivity index (χ0n) is 13.9. The molecule has 0 bridgehead atoms. The molecule has 0 fully saturated rings. The molecule has 0 aromatic heterocycles. The minimum absolute atomic E-state index is 0.0576. The average molecular weight is 327 g/mol. The van der Waals surface area contributed by atoms with Crippen LogP contribution in [0.3, 0.4) is 0 Å². The number of ether oxygens (including phenoxy) is 1. The molecular formula is C19H21NO4. The Morgan fingerprint density at radius 2 is 1.54 bits per heavy atom. The SMILES string of the molecule is CC(C)c1ccc(NC(=O)[C@@H](C)OC(=O)c2ccc(O)cc2)cc1. The van der Waals surface area contributed by atoms with Gasteiger partial charge in [0.25, 0.3) is 5.91 Å². The molecule has 5 heteroatoms. The van der Waals surface area contributed by atoms with E-state index >= 15 is 0 Å². The summed E-state index contributed by atoms with van der Waals surface area (Å²) in [6.45, 7) is 5.70. The number of amides is 1. The number of hydrogen-bond donors (Lipinski definition) is 2. The third kappa shape index (κ3) is 4.59. The van der Waals surface area contributed by atoms with Crippen LogP contribution in [0.2, 0.25) is 0 Å². The highest BCUT2D eigenvalue weighted by Gasteiger charge is 2.19. The van der Waals surface area contributed by atoms with E-state index in [2.05, 4.69) is 19.2 Å². The second kappa shape index (κ2) is 7.64. The highest BCUT2D eigenvalue weighted by Crippen LogP contribution is 2.17. The second-order valence-electron chi connectivity index (χ2n) is 5.86. The van der Waals surface area contributed by atoms with Crippen molar-refractivity contribution in [1.82, 2.24) is 0 Å². The van der Waals surface area contributed by atoms with Gasteiger partial charge in [-0.15, -0.1) is 0 Å². The minimum atomic E-state index is -0.934. The number of phenolic OH excluding ortho intramolecular Hbond substituents is 1. The number of phenols is 1. The molecule has 1 amide bonds. The lowest BCUT2D eigenvalue weighted by Gasteiger charge is -2.14. The van der Waals surface area contributed by atoms with Gasteiger partial charge >= 0.3 is 5.97 Å². The van der Waals surface area contributed by atoms with Crippen molar-refractivity contribution < 1.29 is 19.4 Å². The summed E-state index contributed by atoms with van der Waals surface area (Å²) in [6.07, 6.45) is -0.934. The molecule has 5 nitrogen and oxygen atoms in total. The van der Waals surface area contributed by atoms with Crippen LogP contribution in [0.5, 0.6) is 5.75 Å². The van der Waals surface area contributed by atoms with Gasteiger partial charge in [0.1, 0.15) is 5.75 Å². The molecule has 0 spiro atoms. The molecule has 126 valence electrons. The second-order valence-corrected chi connectivity index (χ2v) is 5.86. The van der Waals surface area contributed by atoms with Crippen molar-refractivity contribution >= 4 is 17.6 Å². The summed E-state index contributed by atoms with van der Waals surface area (Å²) in [4.78, 5) is 24.1. The van der Waals surface area contributed by atoms with Gasteiger partial charge in [-0.1, -0.05) is 26.0 Å². The van der Waals surface area contributed by atoms with Crippen molar-refractivity contribution in [2.24, 2.45) is 0 Å². The van der Waals surface area contributed by atoms with Crippen LogP contribution in [0, 0.1) is 0 Å². The Hall–Kier alpha value is -2.82. The first-order chi connectivity index (χ1) is 11.4. The molecule has 24 heavy (non-hydrogen) atoms. The topological polar surface area (TPSA) is 75.6 Å². The maximum atomic E-state index is 12.1. The van der Waals surface area contributed by atoms with Crippen LogP contribution in [0.4, 0.5) is 5.69 Å². The molecule has 2 rings (SSSR count). The van der Waals surface area contributed by atoms with E-state index in [1.165, 1.54) is 36.8 Å². The van der Waals surface area contributed by atoms with Gasteiger partial charge in [-0.25, -0.2) is 4.79 Å². The Morgan fingerprint density at radius 1 is 0.958 bits per heavy atom. The lowest BCUT2D eigenvalue weighted by molar-refractivity contribution is -0.123. The number of anilines is 1. The van der Waals surface area contributed by atoms with Gasteiger partial charge in [-0.05, 0) is 54.8 Å². The Kier molecular flexibility index (Phi) is 5.58. The van der Waals surface area contributed by atoms with Gasteiger partial charge in [-0.3, -0.25) is 4.79 Å². The highest BCUT2D eigenvalue weighted by molar-refractivity contribution is 5.97. The largest absolute Gasteiger partial charge is 0.508 e. The maximum Gasteiger partial charge on any atom is 0.338 e. The molecule has 2 aromatic rings. The van der Waals surface area contributed by atoms with Gasteiger partial charge in [0, 0.05) is 5.69 Å². The van der Waals surface area contributed by atoms with Gasteiger partial charge in [0.15, 0.2) is 6.10 Å². The van der Waals surface area contributed by atoms with Crippen LogP contribution < -0.4 is 5.32 Å². The molecule has 0 unspecified atom stereocenters. The minimum Gasteiger partial charge on any atom is -0.508 e. The number of rotatable bonds is 5. The van der Waals surface area contributed by atoms with E-state index in [9.17, 15) is 14.7 Å². The number of nitrogens with one attached hydrogen (secondary N) is 1. The molecule has 0 saturated carbocycles. The fourth-order valence-corrected chi connectivity index (χ4v) is 2.07. The quantitative estimate of drug-likeness (QED) is 0.821. The van der Waals surface area contributed by atoms with E-state index in [0.29, 0.717) is 11.6 Å². The first-order valence-electron chi connectivity index (χ1n) is 7.77. The molecule has 0 heterocycles. The third-order valence-corrected chi connectivity index (χ3v) is 3.60. The Balaban J connectivity index is 1.94. The standard InChI is InChI=1S/C19H21NO4/c1-12(2)14-4-8-16(9-5-14)20-18(22)13(3)24-19(23)15-6-10-17(21)11-7-15/h4-13,21H,1-3H3,(H,20,22)/t13-/m1/s1. The molecule has 0 aliphatic heterocycles. The molecule has 0 radical (unpaired) electrons. The first-order valence-corrected chi connectivity index (χ1v) is 7.77. The summed E-state index contributed by atoms with van der Waals surface area (Å²) in [7, 11) is 0. The number of esters is 1. The van der Waals surface area contributed by atoms with Crippen molar-refractivity contribution in [3.05, 3.63) is 59.7 Å². The van der Waals surface area contributed by atoms with E-state index in [0.717, 1.165) is 0 Å². The van der Waals surface area contributed by atoms with Crippen LogP contribution in [0.15, 0.2) is 48.5 Å². The van der Waals surface area contributed by atoms with Gasteiger partial charge < -0.3 is 15.2 Å². The van der Waals surface area contributed by atoms with Crippen LogP contribution in [0.25, 0.3) is 0 Å². The molecule has 1 atom stereocenters. The van der Waals surface area contributed by atoms with Crippen LogP contribution >= 0.6 is 0 Å². The summed E-state index contributed by atoms with van der Waals surface area (Å²) in [5.74, 6) is -0.547. The van der Waals surface area contributed by atoms with Crippen molar-refractivity contribution in [2.75, 3.05) is 5.32 Å². The lowest BCUT2D eigenvalue weighted by Crippen LogP contribution is -2.30. The van der Waals surface area contributed by atoms with Crippen LogP contribution in [-0.4, -0.2) is 23.1 Å². The van der Waals surface area contributed by atoms with E-state index in [1.807, 2.05) is 24.3 Å². The summed E-state index contributed by atoms with van der Waals surface area (Å²) in [5.41, 5.74) is 2.10. The van der Waals surface area contributed by atoms with E-state index in [1.54, 1.807) is 0 Å². The molecule has 0 aliphatic carbocycles. The molecule has 2 aromatic carbocycles. The molecule has 0 saturated heterocycles. The number of hydrogen-bond acceptors (Lipinski definition) is 4. The number of benzene rings is 2. The fraction of sp³-hybridized carbons (Fsp3) is 0.263. The average Bonchev–Trinajstić information content (AvgIpc) is 2.55. The Bertz CT molecular complexity index is 705. The predicted octanol–water partition coefficient (Wildman–Crippen LogP) is 3.70. The van der Waals surface area contributed by atoms with Crippen molar-refractivity contribution in [3.63, 3.8) is 0 Å². The summed E-state index contributed by atoms with van der Waals surface area (Å²) in [5, 5.41) is 11.9. The number of carbonyl (C=O) groups is 2. The van der Waals surface area contributed by atoms with E-state index in [-0.39, 0.29) is 11.3 Å². The van der Waals surface area contributed by atoms with Crippen LogP contribution in [-0.2, 0) is 9.53 Å². The van der Waals surface area contributed by atoms with Gasteiger partial charge in [0.2, 0.25) is 0 Å². The fourth-order valence-electron chi connectivity index (χ4n) is 2.07. The lowest BCUT2D eigenvalue weighted by atomic mass is 10.0. The Morgan fingerprint density at radius 3 is 2.08 bits per heavy atom. The number of aromatic hydroxyl groups is 1. The molecule has 2 N–H and O–H groups in total. The molecular weight excluding hydrogens is 306 g/mol. The summed E-state index contributed by atoms with van der Waals surface area (Å²) < 4.78 is 5.14. The van der Waals surface area contributed by atoms with E-state index in [4.69, 9.17) is 4.74 Å². The molecule has 0 aliphatic rings. The summed E-state index contributed by atoms with van der Waals surface area (Å²) in [6, 6.07) is 13.2. The number of carbonyl (C=O) groups excluding carboxylic acids is 2. The zero-order chi connectivity index (χ0) is 17.7. The summed E-state index contributed by atoms with van der Waals surface area (Å²) >= 11 is 0. The van der Waals surface area contributed by atoms with E-state index < -0.39 is 18.0 Å². The zero-order valence-corrected chi connectivity index (χ0v) is 13.9. The van der Waals surface area contributed by atoms with Gasteiger partial charge in [0.05, 0.1) is 5.56 Å². The predicted molar refractivity (Wildman–Crippen MR) is 92.1 cm³/mol. The normalized spacial score (nSPS) is 11.8. The smallest absolute Gasteiger partial charge is 0.338 e.